The Morgan fingerprint density at radius 3 is 2.52 bits per heavy atom. The van der Waals surface area contributed by atoms with Crippen LogP contribution in [0.1, 0.15) is 16.1 Å². The van der Waals surface area contributed by atoms with Gasteiger partial charge >= 0.3 is 12.0 Å². The maximum Gasteiger partial charge on any atom is 0.335 e. The molecule has 1 rings (SSSR count). The third-order valence-electron chi connectivity index (χ3n) is 2.70. The quantitative estimate of drug-likeness (QED) is 0.796. The molecule has 114 valence electrons. The molecule has 0 aromatic carbocycles. The summed E-state index contributed by atoms with van der Waals surface area (Å²) in [7, 11) is 4.71. The second-order valence-electron chi connectivity index (χ2n) is 4.64. The molecule has 1 aromatic rings. The molecule has 0 atom stereocenters. The van der Waals surface area contributed by atoms with E-state index in [-0.39, 0.29) is 24.6 Å². The van der Waals surface area contributed by atoms with Gasteiger partial charge in [0, 0.05) is 27.3 Å². The molecule has 8 heteroatoms. The predicted octanol–water partition coefficient (Wildman–Crippen LogP) is 0.00940. The summed E-state index contributed by atoms with van der Waals surface area (Å²) in [5.41, 5.74) is 0.529. The van der Waals surface area contributed by atoms with Crippen molar-refractivity contribution in [3.8, 4) is 0 Å². The Kier molecular flexibility index (Phi) is 5.65. The number of likely N-dealkylation sites (N-methyl/N-ethyl adjacent to an activating group) is 2. The van der Waals surface area contributed by atoms with Crippen molar-refractivity contribution >= 4 is 17.9 Å². The standard InChI is InChI=1S/C13H18N4O4/c1-16(2)11(18)8-17(3)13(21)15-7-10-6-9(12(19)20)4-5-14-10/h4-6H,7-8H2,1-3H3,(H,15,21)(H,19,20). The minimum Gasteiger partial charge on any atom is -0.478 e. The lowest BCUT2D eigenvalue weighted by atomic mass is 10.2. The first kappa shape index (κ1) is 16.4. The minimum atomic E-state index is -1.06. The van der Waals surface area contributed by atoms with Gasteiger partial charge in [0.15, 0.2) is 0 Å². The number of pyridine rings is 1. The Morgan fingerprint density at radius 1 is 1.29 bits per heavy atom. The van der Waals surface area contributed by atoms with E-state index in [1.807, 2.05) is 0 Å². The summed E-state index contributed by atoms with van der Waals surface area (Å²) < 4.78 is 0. The zero-order chi connectivity index (χ0) is 16.0. The highest BCUT2D eigenvalue weighted by atomic mass is 16.4. The van der Waals surface area contributed by atoms with Crippen LogP contribution in [-0.2, 0) is 11.3 Å². The molecular formula is C13H18N4O4. The first-order valence-corrected chi connectivity index (χ1v) is 6.18. The summed E-state index contributed by atoms with van der Waals surface area (Å²) in [5, 5.41) is 11.4. The average molecular weight is 294 g/mol. The fraction of sp³-hybridized carbons (Fsp3) is 0.385. The van der Waals surface area contributed by atoms with Crippen molar-refractivity contribution in [2.24, 2.45) is 0 Å². The number of urea groups is 1. The maximum atomic E-state index is 11.8. The number of carbonyl (C=O) groups excluding carboxylic acids is 2. The van der Waals surface area contributed by atoms with Crippen LogP contribution in [0.2, 0.25) is 0 Å². The molecule has 0 aliphatic heterocycles. The number of amides is 3. The summed E-state index contributed by atoms with van der Waals surface area (Å²) in [6.07, 6.45) is 1.37. The predicted molar refractivity (Wildman–Crippen MR) is 74.8 cm³/mol. The number of nitrogens with one attached hydrogen (secondary N) is 1. The lowest BCUT2D eigenvalue weighted by Crippen LogP contribution is -2.42. The third kappa shape index (κ3) is 5.09. The number of carboxylic acids is 1. The van der Waals surface area contributed by atoms with Gasteiger partial charge in [0.25, 0.3) is 0 Å². The van der Waals surface area contributed by atoms with E-state index in [4.69, 9.17) is 5.11 Å². The molecule has 0 bridgehead atoms. The summed E-state index contributed by atoms with van der Waals surface area (Å²) in [6.45, 7) is 0.0435. The molecule has 3 amide bonds. The first-order chi connectivity index (χ1) is 9.81. The van der Waals surface area contributed by atoms with Gasteiger partial charge in [-0.1, -0.05) is 0 Å². The number of nitrogens with zero attached hydrogens (tertiary/aromatic N) is 3. The van der Waals surface area contributed by atoms with Crippen molar-refractivity contribution in [2.45, 2.75) is 6.54 Å². The SMILES string of the molecule is CN(C)C(=O)CN(C)C(=O)NCc1cc(C(=O)O)ccn1. The number of hydrogen-bond donors (Lipinski definition) is 2. The molecule has 0 aliphatic rings. The zero-order valence-electron chi connectivity index (χ0n) is 12.2. The van der Waals surface area contributed by atoms with Crippen molar-refractivity contribution in [2.75, 3.05) is 27.7 Å². The molecule has 0 fully saturated rings. The van der Waals surface area contributed by atoms with Gasteiger partial charge in [-0.2, -0.15) is 0 Å². The molecule has 1 aromatic heterocycles. The maximum absolute atomic E-state index is 11.8. The van der Waals surface area contributed by atoms with E-state index in [1.54, 1.807) is 14.1 Å². The molecule has 0 saturated carbocycles. The molecule has 0 radical (unpaired) electrons. The van der Waals surface area contributed by atoms with Gasteiger partial charge < -0.3 is 20.2 Å². The topological polar surface area (TPSA) is 103 Å². The van der Waals surface area contributed by atoms with Crippen LogP contribution in [0, 0.1) is 0 Å². The highest BCUT2D eigenvalue weighted by Crippen LogP contribution is 2.02. The second-order valence-corrected chi connectivity index (χ2v) is 4.64. The molecule has 0 aliphatic carbocycles. The Balaban J connectivity index is 2.54. The molecule has 0 spiro atoms. The van der Waals surface area contributed by atoms with Gasteiger partial charge in [0.2, 0.25) is 5.91 Å². The number of rotatable bonds is 5. The van der Waals surface area contributed by atoms with E-state index in [1.165, 1.54) is 35.2 Å². The third-order valence-corrected chi connectivity index (χ3v) is 2.70. The van der Waals surface area contributed by atoms with Crippen molar-refractivity contribution in [1.82, 2.24) is 20.1 Å². The normalized spacial score (nSPS) is 9.86. The van der Waals surface area contributed by atoms with Crippen LogP contribution in [0.15, 0.2) is 18.3 Å². The Hall–Kier alpha value is -2.64. The van der Waals surface area contributed by atoms with Crippen molar-refractivity contribution in [3.63, 3.8) is 0 Å². The second kappa shape index (κ2) is 7.22. The molecule has 2 N–H and O–H groups in total. The van der Waals surface area contributed by atoms with Crippen molar-refractivity contribution in [3.05, 3.63) is 29.6 Å². The van der Waals surface area contributed by atoms with Crippen molar-refractivity contribution in [1.29, 1.82) is 0 Å². The number of carbonyl (C=O) groups is 3. The molecule has 0 saturated heterocycles. The van der Waals surface area contributed by atoms with Crippen molar-refractivity contribution < 1.29 is 19.5 Å². The Labute approximate surface area is 122 Å². The number of hydrogen-bond acceptors (Lipinski definition) is 4. The smallest absolute Gasteiger partial charge is 0.335 e. The van der Waals surface area contributed by atoms with Crippen LogP contribution < -0.4 is 5.32 Å². The summed E-state index contributed by atoms with van der Waals surface area (Å²) >= 11 is 0. The molecule has 8 nitrogen and oxygen atoms in total. The van der Waals surface area contributed by atoms with Gasteiger partial charge in [0.05, 0.1) is 17.8 Å². The van der Waals surface area contributed by atoms with Crippen LogP contribution in [0.25, 0.3) is 0 Å². The monoisotopic (exact) mass is 294 g/mol. The molecule has 1 heterocycles. The molecular weight excluding hydrogens is 276 g/mol. The van der Waals surface area contributed by atoms with Gasteiger partial charge in [0.1, 0.15) is 6.54 Å². The van der Waals surface area contributed by atoms with E-state index in [9.17, 15) is 14.4 Å². The number of aromatic carboxylic acids is 1. The molecule has 21 heavy (non-hydrogen) atoms. The number of carboxylic acid groups (broad SMARTS) is 1. The van der Waals surface area contributed by atoms with E-state index in [0.29, 0.717) is 5.69 Å². The largest absolute Gasteiger partial charge is 0.478 e. The summed E-state index contributed by atoms with van der Waals surface area (Å²) in [5.74, 6) is -1.25. The van der Waals surface area contributed by atoms with Crippen LogP contribution in [-0.4, -0.2) is 65.5 Å². The highest BCUT2D eigenvalue weighted by Gasteiger charge is 2.14. The van der Waals surface area contributed by atoms with E-state index in [0.717, 1.165) is 0 Å². The summed E-state index contributed by atoms with van der Waals surface area (Å²) in [4.78, 5) is 40.7. The van der Waals surface area contributed by atoms with Gasteiger partial charge in [-0.15, -0.1) is 0 Å². The van der Waals surface area contributed by atoms with Crippen LogP contribution in [0.4, 0.5) is 4.79 Å². The van der Waals surface area contributed by atoms with E-state index in [2.05, 4.69) is 10.3 Å². The first-order valence-electron chi connectivity index (χ1n) is 6.18. The fourth-order valence-corrected chi connectivity index (χ4v) is 1.43. The highest BCUT2D eigenvalue weighted by molar-refractivity contribution is 5.87. The van der Waals surface area contributed by atoms with Gasteiger partial charge in [-0.05, 0) is 12.1 Å². The Morgan fingerprint density at radius 2 is 1.95 bits per heavy atom. The van der Waals surface area contributed by atoms with Crippen LogP contribution in [0.3, 0.4) is 0 Å². The minimum absolute atomic E-state index is 0.0403. The lowest BCUT2D eigenvalue weighted by Gasteiger charge is -2.19. The zero-order valence-corrected chi connectivity index (χ0v) is 12.2. The molecule has 0 unspecified atom stereocenters. The van der Waals surface area contributed by atoms with Gasteiger partial charge in [-0.25, -0.2) is 9.59 Å². The van der Waals surface area contributed by atoms with E-state index >= 15 is 0 Å². The fourth-order valence-electron chi connectivity index (χ4n) is 1.43. The lowest BCUT2D eigenvalue weighted by molar-refractivity contribution is -0.129. The van der Waals surface area contributed by atoms with Gasteiger partial charge in [-0.3, -0.25) is 9.78 Å². The van der Waals surface area contributed by atoms with Crippen LogP contribution >= 0.6 is 0 Å². The van der Waals surface area contributed by atoms with Crippen LogP contribution in [0.5, 0.6) is 0 Å². The van der Waals surface area contributed by atoms with E-state index < -0.39 is 12.0 Å². The number of aromatic nitrogens is 1. The Bertz CT molecular complexity index is 545. The average Bonchev–Trinajstić information content (AvgIpc) is 2.44. The summed E-state index contributed by atoms with van der Waals surface area (Å²) in [6, 6.07) is 2.32.